The minimum Gasteiger partial charge on any atom is -0.346 e. The second kappa shape index (κ2) is 8.13. The zero-order valence-corrected chi connectivity index (χ0v) is 15.1. The zero-order chi connectivity index (χ0) is 18.5. The predicted octanol–water partition coefficient (Wildman–Crippen LogP) is 1.38. The molecule has 140 valence electrons. The summed E-state index contributed by atoms with van der Waals surface area (Å²) in [5, 5.41) is 18.7. The van der Waals surface area contributed by atoms with Gasteiger partial charge in [-0.3, -0.25) is 9.48 Å². The number of nitrogens with zero attached hydrogens (tertiary/aromatic N) is 5. The summed E-state index contributed by atoms with van der Waals surface area (Å²) in [6.45, 7) is 3.06. The van der Waals surface area contributed by atoms with E-state index in [1.807, 2.05) is 33.8 Å². The molecule has 0 bridgehead atoms. The molecule has 0 spiro atoms. The lowest BCUT2D eigenvalue weighted by Gasteiger charge is -2.22. The number of aromatic nitrogens is 5. The Labute approximate surface area is 157 Å². The molecule has 2 aromatic heterocycles. The summed E-state index contributed by atoms with van der Waals surface area (Å²) in [7, 11) is 0. The molecule has 0 saturated carbocycles. The van der Waals surface area contributed by atoms with E-state index < -0.39 is 0 Å². The highest BCUT2D eigenvalue weighted by Crippen LogP contribution is 2.17. The van der Waals surface area contributed by atoms with E-state index in [4.69, 9.17) is 0 Å². The van der Waals surface area contributed by atoms with Crippen LogP contribution in [0.4, 0.5) is 0 Å². The van der Waals surface area contributed by atoms with Crippen molar-refractivity contribution in [1.29, 1.82) is 0 Å². The van der Waals surface area contributed by atoms with Crippen molar-refractivity contribution < 1.29 is 4.79 Å². The van der Waals surface area contributed by atoms with E-state index in [0.29, 0.717) is 24.8 Å². The van der Waals surface area contributed by atoms with Gasteiger partial charge in [-0.05, 0) is 31.5 Å². The van der Waals surface area contributed by atoms with Crippen LogP contribution in [0.5, 0.6) is 0 Å². The summed E-state index contributed by atoms with van der Waals surface area (Å²) in [4.78, 5) is 12.3. The van der Waals surface area contributed by atoms with Crippen molar-refractivity contribution in [2.45, 2.75) is 32.0 Å². The van der Waals surface area contributed by atoms with E-state index in [2.05, 4.69) is 38.2 Å². The Morgan fingerprint density at radius 3 is 2.78 bits per heavy atom. The molecule has 27 heavy (non-hydrogen) atoms. The van der Waals surface area contributed by atoms with E-state index in [9.17, 15) is 4.79 Å². The second-order valence-electron chi connectivity index (χ2n) is 6.78. The molecular weight excluding hydrogens is 342 g/mol. The Balaban J connectivity index is 1.31. The maximum absolute atomic E-state index is 12.3. The molecule has 0 unspecified atom stereocenters. The van der Waals surface area contributed by atoms with Gasteiger partial charge in [0.15, 0.2) is 5.69 Å². The van der Waals surface area contributed by atoms with Crippen molar-refractivity contribution in [2.24, 2.45) is 0 Å². The second-order valence-corrected chi connectivity index (χ2v) is 6.78. The Hall–Kier alpha value is -3.00. The van der Waals surface area contributed by atoms with Crippen molar-refractivity contribution >= 4 is 5.91 Å². The third kappa shape index (κ3) is 4.40. The Bertz CT molecular complexity index is 880. The van der Waals surface area contributed by atoms with Crippen molar-refractivity contribution in [3.63, 3.8) is 0 Å². The van der Waals surface area contributed by atoms with Crippen LogP contribution < -0.4 is 10.6 Å². The third-order valence-electron chi connectivity index (χ3n) is 4.75. The fraction of sp³-hybridized carbons (Fsp3) is 0.368. The molecule has 8 nitrogen and oxygen atoms in total. The van der Waals surface area contributed by atoms with Crippen LogP contribution in [0.2, 0.25) is 0 Å². The summed E-state index contributed by atoms with van der Waals surface area (Å²) in [5.74, 6) is -0.217. The highest BCUT2D eigenvalue weighted by molar-refractivity contribution is 5.91. The molecule has 1 amide bonds. The van der Waals surface area contributed by atoms with Crippen LogP contribution >= 0.6 is 0 Å². The summed E-state index contributed by atoms with van der Waals surface area (Å²) >= 11 is 0. The molecule has 0 atom stereocenters. The summed E-state index contributed by atoms with van der Waals surface area (Å²) in [6, 6.07) is 10.5. The lowest BCUT2D eigenvalue weighted by atomic mass is 10.1. The van der Waals surface area contributed by atoms with Gasteiger partial charge in [0.2, 0.25) is 0 Å². The van der Waals surface area contributed by atoms with Gasteiger partial charge in [-0.25, -0.2) is 4.68 Å². The fourth-order valence-corrected chi connectivity index (χ4v) is 3.26. The lowest BCUT2D eigenvalue weighted by Crippen LogP contribution is -2.29. The lowest BCUT2D eigenvalue weighted by molar-refractivity contribution is 0.0946. The number of amides is 1. The summed E-state index contributed by atoms with van der Waals surface area (Å²) < 4.78 is 3.68. The van der Waals surface area contributed by atoms with Gasteiger partial charge < -0.3 is 10.6 Å². The van der Waals surface area contributed by atoms with Crippen molar-refractivity contribution in [1.82, 2.24) is 35.4 Å². The number of benzene rings is 1. The Kier molecular flexibility index (Phi) is 5.24. The average Bonchev–Trinajstić information content (AvgIpc) is 3.37. The van der Waals surface area contributed by atoms with Crippen LogP contribution in [-0.2, 0) is 13.1 Å². The van der Waals surface area contributed by atoms with Crippen molar-refractivity contribution in [3.05, 3.63) is 65.7 Å². The quantitative estimate of drug-likeness (QED) is 0.689. The number of hydrogen-bond acceptors (Lipinski definition) is 5. The largest absolute Gasteiger partial charge is 0.346 e. The van der Waals surface area contributed by atoms with Gasteiger partial charge in [0.1, 0.15) is 0 Å². The Morgan fingerprint density at radius 1 is 1.15 bits per heavy atom. The van der Waals surface area contributed by atoms with Gasteiger partial charge in [0, 0.05) is 18.3 Å². The first-order valence-electron chi connectivity index (χ1n) is 9.24. The van der Waals surface area contributed by atoms with Crippen LogP contribution in [-0.4, -0.2) is 43.8 Å². The van der Waals surface area contributed by atoms with Crippen LogP contribution in [0, 0.1) is 0 Å². The molecule has 3 heterocycles. The fourth-order valence-electron chi connectivity index (χ4n) is 3.26. The van der Waals surface area contributed by atoms with E-state index >= 15 is 0 Å². The first-order chi connectivity index (χ1) is 13.3. The molecule has 0 aliphatic carbocycles. The van der Waals surface area contributed by atoms with Crippen LogP contribution in [0.3, 0.4) is 0 Å². The number of carbonyl (C=O) groups excluding carboxylic acids is 1. The molecule has 1 aliphatic heterocycles. The monoisotopic (exact) mass is 365 g/mol. The van der Waals surface area contributed by atoms with E-state index in [-0.39, 0.29) is 5.91 Å². The highest BCUT2D eigenvalue weighted by Gasteiger charge is 2.18. The van der Waals surface area contributed by atoms with Crippen LogP contribution in [0.15, 0.2) is 48.9 Å². The number of carbonyl (C=O) groups is 1. The summed E-state index contributed by atoms with van der Waals surface area (Å²) in [5.41, 5.74) is 2.49. The number of rotatable bonds is 6. The van der Waals surface area contributed by atoms with E-state index in [0.717, 1.165) is 31.5 Å². The average molecular weight is 365 g/mol. The van der Waals surface area contributed by atoms with Gasteiger partial charge in [-0.2, -0.15) is 5.10 Å². The minimum atomic E-state index is -0.217. The topological polar surface area (TPSA) is 89.7 Å². The molecule has 8 heteroatoms. The molecular formula is C19H23N7O. The van der Waals surface area contributed by atoms with Gasteiger partial charge in [0.05, 0.1) is 25.0 Å². The van der Waals surface area contributed by atoms with Crippen molar-refractivity contribution in [3.8, 4) is 0 Å². The highest BCUT2D eigenvalue weighted by atomic mass is 16.2. The van der Waals surface area contributed by atoms with Gasteiger partial charge >= 0.3 is 0 Å². The molecule has 0 radical (unpaired) electrons. The van der Waals surface area contributed by atoms with Gasteiger partial charge in [-0.1, -0.05) is 35.5 Å². The number of piperidine rings is 1. The first-order valence-corrected chi connectivity index (χ1v) is 9.24. The Morgan fingerprint density at radius 2 is 1.96 bits per heavy atom. The molecule has 1 saturated heterocycles. The van der Waals surface area contributed by atoms with E-state index in [1.165, 1.54) is 5.56 Å². The molecule has 3 aromatic rings. The normalized spacial score (nSPS) is 15.0. The first kappa shape index (κ1) is 17.4. The van der Waals surface area contributed by atoms with E-state index in [1.54, 1.807) is 12.4 Å². The predicted molar refractivity (Wildman–Crippen MR) is 100 cm³/mol. The maximum atomic E-state index is 12.3. The number of hydrogen-bond donors (Lipinski definition) is 2. The molecule has 2 N–H and O–H groups in total. The third-order valence-corrected chi connectivity index (χ3v) is 4.75. The molecule has 1 fully saturated rings. The summed E-state index contributed by atoms with van der Waals surface area (Å²) in [6.07, 6.45) is 7.47. The minimum absolute atomic E-state index is 0.217. The standard InChI is InChI=1S/C19H23N7O/c27-19(18-14-26(24-23-18)17-6-8-20-9-7-17)21-10-16-11-22-25(13-16)12-15-4-2-1-3-5-15/h1-5,11,13-14,17,20H,6-10,12H2,(H,21,27). The number of nitrogens with one attached hydrogen (secondary N) is 2. The molecule has 1 aliphatic rings. The SMILES string of the molecule is O=C(NCc1cnn(Cc2ccccc2)c1)c1cn(C2CCNCC2)nn1. The maximum Gasteiger partial charge on any atom is 0.273 e. The molecule has 4 rings (SSSR count). The van der Waals surface area contributed by atoms with Crippen LogP contribution in [0.1, 0.15) is 40.5 Å². The van der Waals surface area contributed by atoms with Crippen LogP contribution in [0.25, 0.3) is 0 Å². The van der Waals surface area contributed by atoms with Gasteiger partial charge in [0.25, 0.3) is 5.91 Å². The molecule has 1 aromatic carbocycles. The van der Waals surface area contributed by atoms with Gasteiger partial charge in [-0.15, -0.1) is 5.10 Å². The zero-order valence-electron chi connectivity index (χ0n) is 15.1. The smallest absolute Gasteiger partial charge is 0.273 e. The van der Waals surface area contributed by atoms with Crippen molar-refractivity contribution in [2.75, 3.05) is 13.1 Å².